The lowest BCUT2D eigenvalue weighted by molar-refractivity contribution is -0.150. The summed E-state index contributed by atoms with van der Waals surface area (Å²) in [6, 6.07) is 0. The molecule has 0 saturated carbocycles. The van der Waals surface area contributed by atoms with Crippen molar-refractivity contribution in [3.05, 3.63) is 0 Å². The summed E-state index contributed by atoms with van der Waals surface area (Å²) in [7, 11) is 1.46. The molecule has 3 nitrogen and oxygen atoms in total. The highest BCUT2D eigenvalue weighted by Gasteiger charge is 2.42. The Morgan fingerprint density at radius 1 is 1.75 bits per heavy atom. The Labute approximate surface area is 76.5 Å². The van der Waals surface area contributed by atoms with E-state index in [0.29, 0.717) is 0 Å². The highest BCUT2D eigenvalue weighted by atomic mass is 32.2. The molecule has 70 valence electrons. The Bertz CT molecular complexity index is 175. The second-order valence-electron chi connectivity index (χ2n) is 3.22. The van der Waals surface area contributed by atoms with E-state index < -0.39 is 12.1 Å². The smallest absolute Gasteiger partial charge is 0.334 e. The number of rotatable bonds is 3. The maximum Gasteiger partial charge on any atom is 0.334 e. The standard InChI is InChI=1S/C8H14O3S/c1-8(4-3-5-12-8)6(11-2)7(9)10/h6H,3-5H2,1-2H3,(H,9,10). The van der Waals surface area contributed by atoms with Crippen LogP contribution in [-0.4, -0.2) is 34.8 Å². The fraction of sp³-hybridized carbons (Fsp3) is 0.875. The molecule has 0 aromatic rings. The molecule has 0 aliphatic carbocycles. The van der Waals surface area contributed by atoms with E-state index >= 15 is 0 Å². The largest absolute Gasteiger partial charge is 0.479 e. The van der Waals surface area contributed by atoms with Crippen molar-refractivity contribution in [1.82, 2.24) is 0 Å². The number of ether oxygens (including phenoxy) is 1. The van der Waals surface area contributed by atoms with E-state index in [4.69, 9.17) is 9.84 Å². The average molecular weight is 190 g/mol. The minimum Gasteiger partial charge on any atom is -0.479 e. The molecule has 4 heteroatoms. The number of hydrogen-bond donors (Lipinski definition) is 1. The van der Waals surface area contributed by atoms with Crippen LogP contribution in [0.1, 0.15) is 19.8 Å². The molecule has 1 heterocycles. The topological polar surface area (TPSA) is 46.5 Å². The van der Waals surface area contributed by atoms with E-state index in [1.54, 1.807) is 11.8 Å². The molecule has 0 radical (unpaired) electrons. The van der Waals surface area contributed by atoms with Gasteiger partial charge >= 0.3 is 5.97 Å². The summed E-state index contributed by atoms with van der Waals surface area (Å²) in [5, 5.41) is 8.86. The van der Waals surface area contributed by atoms with Gasteiger partial charge < -0.3 is 9.84 Å². The van der Waals surface area contributed by atoms with Crippen LogP contribution >= 0.6 is 11.8 Å². The number of carboxylic acid groups (broad SMARTS) is 1. The molecular weight excluding hydrogens is 176 g/mol. The zero-order chi connectivity index (χ0) is 9.19. The third-order valence-electron chi connectivity index (χ3n) is 2.26. The van der Waals surface area contributed by atoms with Crippen molar-refractivity contribution < 1.29 is 14.6 Å². The predicted octanol–water partition coefficient (Wildman–Crippen LogP) is 1.37. The van der Waals surface area contributed by atoms with Crippen molar-refractivity contribution in [2.75, 3.05) is 12.9 Å². The number of carboxylic acids is 1. The van der Waals surface area contributed by atoms with Gasteiger partial charge in [0.05, 0.1) is 4.75 Å². The van der Waals surface area contributed by atoms with Crippen molar-refractivity contribution >= 4 is 17.7 Å². The van der Waals surface area contributed by atoms with Gasteiger partial charge in [0.15, 0.2) is 6.10 Å². The first-order chi connectivity index (χ1) is 5.60. The van der Waals surface area contributed by atoms with E-state index in [1.807, 2.05) is 6.92 Å². The number of methoxy groups -OCH3 is 1. The Hall–Kier alpha value is -0.220. The summed E-state index contributed by atoms with van der Waals surface area (Å²) in [6.07, 6.45) is 1.36. The number of aliphatic carboxylic acids is 1. The summed E-state index contributed by atoms with van der Waals surface area (Å²) in [5.74, 6) is 0.193. The lowest BCUT2D eigenvalue weighted by atomic mass is 9.99. The van der Waals surface area contributed by atoms with Crippen LogP contribution in [0.2, 0.25) is 0 Å². The van der Waals surface area contributed by atoms with Gasteiger partial charge in [-0.3, -0.25) is 0 Å². The van der Waals surface area contributed by atoms with Crippen LogP contribution < -0.4 is 0 Å². The second kappa shape index (κ2) is 3.66. The zero-order valence-electron chi connectivity index (χ0n) is 7.37. The van der Waals surface area contributed by atoms with Crippen LogP contribution in [-0.2, 0) is 9.53 Å². The summed E-state index contributed by atoms with van der Waals surface area (Å²) in [5.41, 5.74) is 0. The zero-order valence-corrected chi connectivity index (χ0v) is 8.19. The lowest BCUT2D eigenvalue weighted by Gasteiger charge is -2.28. The van der Waals surface area contributed by atoms with Gasteiger partial charge in [-0.2, -0.15) is 11.8 Å². The van der Waals surface area contributed by atoms with Crippen LogP contribution in [0, 0.1) is 0 Å². The van der Waals surface area contributed by atoms with E-state index in [0.717, 1.165) is 18.6 Å². The second-order valence-corrected chi connectivity index (χ2v) is 4.85. The molecule has 1 fully saturated rings. The molecule has 1 aliphatic heterocycles. The first kappa shape index (κ1) is 9.86. The first-order valence-corrected chi connectivity index (χ1v) is 4.98. The highest BCUT2D eigenvalue weighted by molar-refractivity contribution is 8.00. The normalized spacial score (nSPS) is 31.8. The first-order valence-electron chi connectivity index (χ1n) is 4.00. The Balaban J connectivity index is 2.69. The summed E-state index contributed by atoms with van der Waals surface area (Å²) in [4.78, 5) is 10.8. The predicted molar refractivity (Wildman–Crippen MR) is 48.5 cm³/mol. The minimum absolute atomic E-state index is 0.222. The molecule has 0 amide bonds. The molecular formula is C8H14O3S. The van der Waals surface area contributed by atoms with Gasteiger partial charge in [0.1, 0.15) is 0 Å². The fourth-order valence-electron chi connectivity index (χ4n) is 1.62. The van der Waals surface area contributed by atoms with Crippen LogP contribution in [0.25, 0.3) is 0 Å². The molecule has 0 spiro atoms. The summed E-state index contributed by atoms with van der Waals surface area (Å²) in [6.45, 7) is 1.97. The van der Waals surface area contributed by atoms with Gasteiger partial charge in [-0.25, -0.2) is 4.79 Å². The third kappa shape index (κ3) is 1.75. The number of thioether (sulfide) groups is 1. The molecule has 1 saturated heterocycles. The Kier molecular flexibility index (Phi) is 3.01. The maximum absolute atomic E-state index is 10.8. The van der Waals surface area contributed by atoms with Crippen molar-refractivity contribution in [2.45, 2.75) is 30.6 Å². The van der Waals surface area contributed by atoms with Crippen molar-refractivity contribution in [2.24, 2.45) is 0 Å². The Morgan fingerprint density at radius 3 is 2.75 bits per heavy atom. The summed E-state index contributed by atoms with van der Waals surface area (Å²) < 4.78 is 4.76. The molecule has 12 heavy (non-hydrogen) atoms. The van der Waals surface area contributed by atoms with Gasteiger partial charge in [-0.1, -0.05) is 0 Å². The van der Waals surface area contributed by atoms with Crippen molar-refractivity contribution in [3.8, 4) is 0 Å². The number of hydrogen-bond acceptors (Lipinski definition) is 3. The quantitative estimate of drug-likeness (QED) is 0.730. The van der Waals surface area contributed by atoms with Gasteiger partial charge in [-0.15, -0.1) is 0 Å². The molecule has 0 bridgehead atoms. The Morgan fingerprint density at radius 2 is 2.42 bits per heavy atom. The maximum atomic E-state index is 10.8. The van der Waals surface area contributed by atoms with Gasteiger partial charge in [-0.05, 0) is 25.5 Å². The fourth-order valence-corrected chi connectivity index (χ4v) is 3.01. The van der Waals surface area contributed by atoms with E-state index in [2.05, 4.69) is 0 Å². The lowest BCUT2D eigenvalue weighted by Crippen LogP contribution is -2.41. The molecule has 1 aliphatic rings. The van der Waals surface area contributed by atoms with E-state index in [9.17, 15) is 4.79 Å². The van der Waals surface area contributed by atoms with Gasteiger partial charge in [0, 0.05) is 7.11 Å². The van der Waals surface area contributed by atoms with E-state index in [-0.39, 0.29) is 4.75 Å². The van der Waals surface area contributed by atoms with E-state index in [1.165, 1.54) is 7.11 Å². The van der Waals surface area contributed by atoms with Crippen LogP contribution in [0.5, 0.6) is 0 Å². The third-order valence-corrected chi connectivity index (χ3v) is 3.83. The number of carbonyl (C=O) groups is 1. The minimum atomic E-state index is -0.852. The van der Waals surface area contributed by atoms with Gasteiger partial charge in [0.2, 0.25) is 0 Å². The summed E-state index contributed by atoms with van der Waals surface area (Å²) >= 11 is 1.70. The van der Waals surface area contributed by atoms with Crippen LogP contribution in [0.4, 0.5) is 0 Å². The average Bonchev–Trinajstić information content (AvgIpc) is 2.37. The molecule has 1 rings (SSSR count). The van der Waals surface area contributed by atoms with Gasteiger partial charge in [0.25, 0.3) is 0 Å². The molecule has 2 unspecified atom stereocenters. The molecule has 0 aromatic carbocycles. The molecule has 0 aromatic heterocycles. The van der Waals surface area contributed by atoms with Crippen molar-refractivity contribution in [3.63, 3.8) is 0 Å². The van der Waals surface area contributed by atoms with Crippen LogP contribution in [0.15, 0.2) is 0 Å². The monoisotopic (exact) mass is 190 g/mol. The molecule has 2 atom stereocenters. The van der Waals surface area contributed by atoms with Crippen LogP contribution in [0.3, 0.4) is 0 Å². The highest BCUT2D eigenvalue weighted by Crippen LogP contribution is 2.41. The van der Waals surface area contributed by atoms with Crippen molar-refractivity contribution in [1.29, 1.82) is 0 Å². The SMILES string of the molecule is COC(C(=O)O)C1(C)CCCS1. The molecule has 1 N–H and O–H groups in total.